The number of hydrogen-bond acceptors (Lipinski definition) is 4. The van der Waals surface area contributed by atoms with Gasteiger partial charge in [-0.3, -0.25) is 9.59 Å². The highest BCUT2D eigenvalue weighted by Gasteiger charge is 2.40. The number of alkyl halides is 3. The van der Waals surface area contributed by atoms with E-state index in [1.54, 1.807) is 30.3 Å². The molecule has 0 unspecified atom stereocenters. The number of rotatable bonds is 5. The number of benzene rings is 3. The number of halogens is 4. The number of carbonyl (C=O) groups is 2. The van der Waals surface area contributed by atoms with Crippen molar-refractivity contribution in [2.24, 2.45) is 0 Å². The number of imide groups is 1. The summed E-state index contributed by atoms with van der Waals surface area (Å²) in [5.74, 6) is -2.68. The van der Waals surface area contributed by atoms with Gasteiger partial charge >= 0.3 is 6.36 Å². The Balaban J connectivity index is 1.77. The summed E-state index contributed by atoms with van der Waals surface area (Å²) in [6, 6.07) is 18.1. The molecule has 0 aromatic heterocycles. The molecule has 3 aromatic rings. The fourth-order valence-electron chi connectivity index (χ4n) is 3.28. The van der Waals surface area contributed by atoms with Crippen molar-refractivity contribution in [2.75, 3.05) is 10.2 Å². The number of hydrogen-bond donors (Lipinski definition) is 1. The molecule has 0 aliphatic carbocycles. The van der Waals surface area contributed by atoms with Crippen molar-refractivity contribution in [3.63, 3.8) is 0 Å². The molecule has 4 rings (SSSR count). The van der Waals surface area contributed by atoms with Crippen LogP contribution in [0.1, 0.15) is 5.56 Å². The second-order valence-corrected chi connectivity index (χ2v) is 6.74. The summed E-state index contributed by atoms with van der Waals surface area (Å²) in [6.07, 6.45) is -4.94. The van der Waals surface area contributed by atoms with E-state index in [9.17, 15) is 27.2 Å². The minimum Gasteiger partial charge on any atom is -0.406 e. The van der Waals surface area contributed by atoms with Crippen molar-refractivity contribution >= 4 is 28.8 Å². The molecule has 0 saturated carbocycles. The summed E-state index contributed by atoms with van der Waals surface area (Å²) in [4.78, 5) is 27.2. The van der Waals surface area contributed by atoms with Crippen LogP contribution in [-0.2, 0) is 9.59 Å². The Kier molecular flexibility index (Phi) is 5.40. The van der Waals surface area contributed by atoms with Crippen molar-refractivity contribution < 1.29 is 31.9 Å². The maximum absolute atomic E-state index is 13.6. The number of ether oxygens (including phenoxy) is 1. The van der Waals surface area contributed by atoms with Gasteiger partial charge in [-0.2, -0.15) is 0 Å². The topological polar surface area (TPSA) is 58.6 Å². The van der Waals surface area contributed by atoms with Crippen molar-refractivity contribution in [3.8, 4) is 5.75 Å². The summed E-state index contributed by atoms with van der Waals surface area (Å²) < 4.78 is 55.3. The number of anilines is 2. The lowest BCUT2D eigenvalue weighted by Gasteiger charge is -2.17. The second-order valence-electron chi connectivity index (χ2n) is 6.74. The highest BCUT2D eigenvalue weighted by atomic mass is 19.4. The van der Waals surface area contributed by atoms with Crippen molar-refractivity contribution in [3.05, 3.63) is 95.9 Å². The highest BCUT2D eigenvalue weighted by Crippen LogP contribution is 2.35. The molecule has 0 atom stereocenters. The molecular weight excluding hydrogens is 428 g/mol. The second kappa shape index (κ2) is 8.18. The third-order valence-corrected chi connectivity index (χ3v) is 4.55. The van der Waals surface area contributed by atoms with E-state index in [2.05, 4.69) is 10.1 Å². The number of amides is 2. The summed E-state index contributed by atoms with van der Waals surface area (Å²) in [5, 5.41) is 2.78. The van der Waals surface area contributed by atoms with Crippen LogP contribution in [0, 0.1) is 5.82 Å². The predicted molar refractivity (Wildman–Crippen MR) is 109 cm³/mol. The SMILES string of the molecule is O=C1C(Nc2cccc(F)c2)=C(c2ccccc2)C(=O)N1c1cccc(OC(F)(F)F)c1. The van der Waals surface area contributed by atoms with Crippen LogP contribution < -0.4 is 15.0 Å². The predicted octanol–water partition coefficient (Wildman–Crippen LogP) is 5.12. The molecule has 3 aromatic carbocycles. The zero-order valence-electron chi connectivity index (χ0n) is 16.2. The summed E-state index contributed by atoms with van der Waals surface area (Å²) in [6.45, 7) is 0. The first-order chi connectivity index (χ1) is 15.2. The van der Waals surface area contributed by atoms with Crippen molar-refractivity contribution in [2.45, 2.75) is 6.36 Å². The van der Waals surface area contributed by atoms with E-state index in [0.717, 1.165) is 23.1 Å². The molecule has 1 aliphatic rings. The highest BCUT2D eigenvalue weighted by molar-refractivity contribution is 6.46. The van der Waals surface area contributed by atoms with E-state index in [0.29, 0.717) is 5.56 Å². The van der Waals surface area contributed by atoms with Crippen LogP contribution in [-0.4, -0.2) is 18.2 Å². The van der Waals surface area contributed by atoms with Gasteiger partial charge in [0.25, 0.3) is 11.8 Å². The average molecular weight is 442 g/mol. The van der Waals surface area contributed by atoms with E-state index in [1.807, 2.05) is 0 Å². The average Bonchev–Trinajstić information content (AvgIpc) is 2.97. The Bertz CT molecular complexity index is 1220. The molecule has 2 amide bonds. The van der Waals surface area contributed by atoms with E-state index >= 15 is 0 Å². The normalized spacial score (nSPS) is 14.2. The summed E-state index contributed by atoms with van der Waals surface area (Å²) in [5.41, 5.74) is 0.405. The molecule has 0 spiro atoms. The minimum atomic E-state index is -4.94. The Morgan fingerprint density at radius 1 is 0.812 bits per heavy atom. The largest absolute Gasteiger partial charge is 0.573 e. The number of nitrogens with one attached hydrogen (secondary N) is 1. The molecule has 162 valence electrons. The number of nitrogens with zero attached hydrogens (tertiary/aromatic N) is 1. The van der Waals surface area contributed by atoms with Gasteiger partial charge in [0.15, 0.2) is 0 Å². The Morgan fingerprint density at radius 3 is 2.22 bits per heavy atom. The van der Waals surface area contributed by atoms with Crippen LogP contribution in [0.5, 0.6) is 5.75 Å². The maximum Gasteiger partial charge on any atom is 0.573 e. The van der Waals surface area contributed by atoms with E-state index < -0.39 is 29.7 Å². The van der Waals surface area contributed by atoms with Gasteiger partial charge in [0.2, 0.25) is 0 Å². The smallest absolute Gasteiger partial charge is 0.406 e. The van der Waals surface area contributed by atoms with E-state index in [1.165, 1.54) is 30.3 Å². The van der Waals surface area contributed by atoms with Crippen molar-refractivity contribution in [1.29, 1.82) is 0 Å². The maximum atomic E-state index is 13.6. The van der Waals surface area contributed by atoms with Gasteiger partial charge in [-0.1, -0.05) is 42.5 Å². The quantitative estimate of drug-likeness (QED) is 0.440. The van der Waals surface area contributed by atoms with Crippen LogP contribution in [0.2, 0.25) is 0 Å². The lowest BCUT2D eigenvalue weighted by atomic mass is 10.0. The third kappa shape index (κ3) is 4.31. The van der Waals surface area contributed by atoms with Gasteiger partial charge < -0.3 is 10.1 Å². The molecule has 0 radical (unpaired) electrons. The van der Waals surface area contributed by atoms with Crippen LogP contribution in [0.25, 0.3) is 5.57 Å². The molecule has 1 aliphatic heterocycles. The molecular formula is C23H14F4N2O3. The van der Waals surface area contributed by atoms with E-state index in [4.69, 9.17) is 0 Å². The molecule has 1 heterocycles. The molecule has 9 heteroatoms. The Labute approximate surface area is 179 Å². The molecule has 5 nitrogen and oxygen atoms in total. The molecule has 1 N–H and O–H groups in total. The Morgan fingerprint density at radius 2 is 1.53 bits per heavy atom. The lowest BCUT2D eigenvalue weighted by molar-refractivity contribution is -0.274. The first kappa shape index (κ1) is 21.1. The van der Waals surface area contributed by atoms with Crippen molar-refractivity contribution in [1.82, 2.24) is 0 Å². The molecule has 0 saturated heterocycles. The zero-order chi connectivity index (χ0) is 22.9. The van der Waals surface area contributed by atoms with Gasteiger partial charge in [-0.25, -0.2) is 9.29 Å². The monoisotopic (exact) mass is 442 g/mol. The lowest BCUT2D eigenvalue weighted by Crippen LogP contribution is -2.32. The first-order valence-electron chi connectivity index (χ1n) is 9.30. The van der Waals surface area contributed by atoms with Gasteiger partial charge in [0.05, 0.1) is 11.3 Å². The standard InChI is InChI=1S/C23H14F4N2O3/c24-15-8-4-9-16(12-15)28-20-19(14-6-2-1-3-7-14)21(30)29(22(20)31)17-10-5-11-18(13-17)32-23(25,26)27/h1-13,28H. The Hall–Kier alpha value is -4.14. The van der Waals surface area contributed by atoms with Gasteiger partial charge in [0.1, 0.15) is 17.3 Å². The van der Waals surface area contributed by atoms with E-state index in [-0.39, 0.29) is 22.6 Å². The third-order valence-electron chi connectivity index (χ3n) is 4.55. The fraction of sp³-hybridized carbons (Fsp3) is 0.0435. The molecule has 0 fully saturated rings. The number of carbonyl (C=O) groups excluding carboxylic acids is 2. The summed E-state index contributed by atoms with van der Waals surface area (Å²) >= 11 is 0. The van der Waals surface area contributed by atoms with Crippen LogP contribution in [0.4, 0.5) is 28.9 Å². The molecule has 32 heavy (non-hydrogen) atoms. The fourth-order valence-corrected chi connectivity index (χ4v) is 3.28. The first-order valence-corrected chi connectivity index (χ1v) is 9.30. The van der Waals surface area contributed by atoms with Crippen LogP contribution in [0.3, 0.4) is 0 Å². The van der Waals surface area contributed by atoms with Crippen LogP contribution in [0.15, 0.2) is 84.6 Å². The van der Waals surface area contributed by atoms with Crippen LogP contribution >= 0.6 is 0 Å². The summed E-state index contributed by atoms with van der Waals surface area (Å²) in [7, 11) is 0. The van der Waals surface area contributed by atoms with Gasteiger partial charge in [-0.15, -0.1) is 13.2 Å². The zero-order valence-corrected chi connectivity index (χ0v) is 16.2. The minimum absolute atomic E-state index is 0.00186. The molecule has 0 bridgehead atoms. The van der Waals surface area contributed by atoms with Gasteiger partial charge in [0, 0.05) is 11.8 Å². The van der Waals surface area contributed by atoms with Gasteiger partial charge in [-0.05, 0) is 35.9 Å².